The van der Waals surface area contributed by atoms with Crippen LogP contribution in [0.25, 0.3) is 107 Å². The van der Waals surface area contributed by atoms with E-state index in [-0.39, 0.29) is 14.5 Å². The molecule has 0 radical (unpaired) electrons. The maximum absolute atomic E-state index is 6.01. The van der Waals surface area contributed by atoms with Gasteiger partial charge in [-0.15, -0.1) is 0 Å². The second-order valence-electron chi connectivity index (χ2n) is 13.5. The summed E-state index contributed by atoms with van der Waals surface area (Å²) in [4.78, 5) is 0. The molecule has 2 heteroatoms. The summed E-state index contributed by atoms with van der Waals surface area (Å²) < 4.78 is 8.89. The molecule has 0 fully saturated rings. The fourth-order valence-electron chi connectivity index (χ4n) is 8.65. The van der Waals surface area contributed by atoms with E-state index in [2.05, 4.69) is 170 Å². The normalized spacial score (nSPS) is 11.8. The Hall–Kier alpha value is -6.18. The van der Waals surface area contributed by atoms with Crippen molar-refractivity contribution in [2.75, 3.05) is 0 Å². The van der Waals surface area contributed by atoms with Gasteiger partial charge in [-0.3, -0.25) is 0 Å². The van der Waals surface area contributed by atoms with Crippen LogP contribution in [0.1, 0.15) is 0 Å². The Labute approximate surface area is 306 Å². The van der Waals surface area contributed by atoms with E-state index in [1.807, 2.05) is 6.07 Å². The molecular weight excluding hydrogens is 696 g/mol. The van der Waals surface area contributed by atoms with Crippen LogP contribution in [0.3, 0.4) is 0 Å². The van der Waals surface area contributed by atoms with Crippen molar-refractivity contribution in [3.8, 4) is 44.7 Å². The van der Waals surface area contributed by atoms with Crippen LogP contribution in [-0.4, -0.2) is 14.5 Å². The van der Waals surface area contributed by atoms with Crippen LogP contribution in [0, 0.1) is 0 Å². The van der Waals surface area contributed by atoms with Gasteiger partial charge in [-0.2, -0.15) is 0 Å². The predicted molar refractivity (Wildman–Crippen MR) is 222 cm³/mol. The zero-order valence-corrected chi connectivity index (χ0v) is 29.9. The molecule has 0 bridgehead atoms. The van der Waals surface area contributed by atoms with Gasteiger partial charge in [-0.05, 0) is 0 Å². The SMILES string of the molecule is c1ccc(-c2c3ccccc3c(-c3cccc4[se]c5cc(-c6c7ccccc7c(-c7ccco7)c7ccccc67)ccc5c34)c3ccccc23)cc1. The third-order valence-electron chi connectivity index (χ3n) is 10.7. The van der Waals surface area contributed by atoms with Crippen LogP contribution in [0.5, 0.6) is 0 Å². The summed E-state index contributed by atoms with van der Waals surface area (Å²) in [5.74, 6) is 0.899. The fourth-order valence-corrected chi connectivity index (χ4v) is 11.1. The Morgan fingerprint density at radius 2 is 0.846 bits per heavy atom. The van der Waals surface area contributed by atoms with E-state index >= 15 is 0 Å². The second kappa shape index (κ2) is 11.7. The second-order valence-corrected chi connectivity index (χ2v) is 15.8. The zero-order chi connectivity index (χ0) is 34.2. The Kier molecular flexibility index (Phi) is 6.64. The molecule has 0 atom stereocenters. The van der Waals surface area contributed by atoms with E-state index in [0.29, 0.717) is 0 Å². The first-order chi connectivity index (χ1) is 25.8. The van der Waals surface area contributed by atoms with Crippen LogP contribution in [0.15, 0.2) is 187 Å². The molecule has 11 aromatic rings. The molecule has 242 valence electrons. The van der Waals surface area contributed by atoms with Gasteiger partial charge in [0.15, 0.2) is 0 Å². The molecule has 2 heterocycles. The summed E-state index contributed by atoms with van der Waals surface area (Å²) in [5.41, 5.74) is 8.88. The molecule has 0 aliphatic heterocycles. The van der Waals surface area contributed by atoms with Crippen LogP contribution in [-0.2, 0) is 0 Å². The molecule has 0 aliphatic carbocycles. The summed E-state index contributed by atoms with van der Waals surface area (Å²) >= 11 is 0.173. The van der Waals surface area contributed by atoms with E-state index in [4.69, 9.17) is 4.42 Å². The van der Waals surface area contributed by atoms with Crippen molar-refractivity contribution in [3.63, 3.8) is 0 Å². The molecule has 0 unspecified atom stereocenters. The standard InChI is InChI=1S/C50H30OSe/c1-2-14-31(15-3-1)46-33-16-4-8-20-37(33)48(38-21-9-5-17-34(38)46)42-24-12-26-44-50(42)41-28-27-32(30-45(41)52-44)47-35-18-6-10-22-39(35)49(43-25-13-29-51-43)40-23-11-7-19-36(40)47/h1-30H. The summed E-state index contributed by atoms with van der Waals surface area (Å²) in [6, 6.07) is 64.7. The molecule has 52 heavy (non-hydrogen) atoms. The summed E-state index contributed by atoms with van der Waals surface area (Å²) in [6.07, 6.45) is 1.77. The monoisotopic (exact) mass is 726 g/mol. The van der Waals surface area contributed by atoms with Crippen molar-refractivity contribution in [1.82, 2.24) is 0 Å². The summed E-state index contributed by atoms with van der Waals surface area (Å²) in [5, 5.41) is 12.8. The fraction of sp³-hybridized carbons (Fsp3) is 0. The Bertz CT molecular complexity index is 3050. The van der Waals surface area contributed by atoms with Crippen LogP contribution < -0.4 is 0 Å². The van der Waals surface area contributed by atoms with Gasteiger partial charge in [0.25, 0.3) is 0 Å². The van der Waals surface area contributed by atoms with Gasteiger partial charge in [0.2, 0.25) is 0 Å². The van der Waals surface area contributed by atoms with Crippen molar-refractivity contribution >= 4 is 76.9 Å². The van der Waals surface area contributed by atoms with Gasteiger partial charge >= 0.3 is 308 Å². The van der Waals surface area contributed by atoms with E-state index in [9.17, 15) is 0 Å². The Morgan fingerprint density at radius 1 is 0.327 bits per heavy atom. The van der Waals surface area contributed by atoms with Crippen LogP contribution in [0.2, 0.25) is 0 Å². The maximum atomic E-state index is 6.01. The van der Waals surface area contributed by atoms with Crippen molar-refractivity contribution in [1.29, 1.82) is 0 Å². The molecule has 0 saturated heterocycles. The average Bonchev–Trinajstić information content (AvgIpc) is 3.87. The molecule has 11 rings (SSSR count). The van der Waals surface area contributed by atoms with Gasteiger partial charge in [-0.25, -0.2) is 0 Å². The quantitative estimate of drug-likeness (QED) is 0.130. The average molecular weight is 726 g/mol. The molecule has 0 spiro atoms. The first kappa shape index (κ1) is 29.5. The zero-order valence-electron chi connectivity index (χ0n) is 28.1. The van der Waals surface area contributed by atoms with Crippen LogP contribution >= 0.6 is 0 Å². The molecular formula is C50H30OSe. The number of furan rings is 1. The first-order valence-corrected chi connectivity index (χ1v) is 19.5. The van der Waals surface area contributed by atoms with Gasteiger partial charge in [0.05, 0.1) is 0 Å². The molecule has 9 aromatic carbocycles. The number of benzene rings is 9. The minimum absolute atomic E-state index is 0.173. The van der Waals surface area contributed by atoms with Crippen molar-refractivity contribution in [3.05, 3.63) is 182 Å². The van der Waals surface area contributed by atoms with Crippen molar-refractivity contribution < 1.29 is 4.42 Å². The third kappa shape index (κ3) is 4.36. The predicted octanol–water partition coefficient (Wildman–Crippen LogP) is 13.9. The van der Waals surface area contributed by atoms with E-state index in [0.717, 1.165) is 11.3 Å². The molecule has 0 aliphatic rings. The van der Waals surface area contributed by atoms with Gasteiger partial charge in [-0.1, -0.05) is 0 Å². The number of hydrogen-bond acceptors (Lipinski definition) is 1. The van der Waals surface area contributed by atoms with Gasteiger partial charge in [0, 0.05) is 0 Å². The van der Waals surface area contributed by atoms with E-state index in [1.54, 1.807) is 6.26 Å². The third-order valence-corrected chi connectivity index (χ3v) is 13.1. The van der Waals surface area contributed by atoms with Gasteiger partial charge < -0.3 is 0 Å². The summed E-state index contributed by atoms with van der Waals surface area (Å²) in [6.45, 7) is 0. The Morgan fingerprint density at radius 3 is 1.40 bits per heavy atom. The number of hydrogen-bond donors (Lipinski definition) is 0. The number of rotatable bonds is 4. The van der Waals surface area contributed by atoms with Crippen molar-refractivity contribution in [2.45, 2.75) is 0 Å². The van der Waals surface area contributed by atoms with E-state index < -0.39 is 0 Å². The molecule has 1 nitrogen and oxygen atoms in total. The number of fused-ring (bicyclic) bond motifs is 7. The summed E-state index contributed by atoms with van der Waals surface area (Å²) in [7, 11) is 0. The topological polar surface area (TPSA) is 13.1 Å². The van der Waals surface area contributed by atoms with Crippen LogP contribution in [0.4, 0.5) is 0 Å². The van der Waals surface area contributed by atoms with Gasteiger partial charge in [0.1, 0.15) is 0 Å². The first-order valence-electron chi connectivity index (χ1n) is 17.8. The van der Waals surface area contributed by atoms with Crippen molar-refractivity contribution in [2.24, 2.45) is 0 Å². The Balaban J connectivity index is 1.19. The molecule has 2 aromatic heterocycles. The van der Waals surface area contributed by atoms with E-state index in [1.165, 1.54) is 95.8 Å². The molecule has 0 N–H and O–H groups in total. The molecule has 0 amide bonds. The molecule has 0 saturated carbocycles. The minimum atomic E-state index is 0.173.